The lowest BCUT2D eigenvalue weighted by Crippen LogP contribution is -2.44. The largest absolute Gasteiger partial charge is 0.375 e. The first-order valence-electron chi connectivity index (χ1n) is 5.75. The lowest BCUT2D eigenvalue weighted by molar-refractivity contribution is -0.0124. The second-order valence-electron chi connectivity index (χ2n) is 4.39. The van der Waals surface area contributed by atoms with E-state index in [2.05, 4.69) is 15.9 Å². The summed E-state index contributed by atoms with van der Waals surface area (Å²) in [5.74, 6) is 0.0963. The Bertz CT molecular complexity index is 433. The molecule has 1 aliphatic heterocycles. The Kier molecular flexibility index (Phi) is 3.84. The predicted molar refractivity (Wildman–Crippen MR) is 70.2 cm³/mol. The highest BCUT2D eigenvalue weighted by Crippen LogP contribution is 2.19. The zero-order valence-corrected chi connectivity index (χ0v) is 11.7. The first-order chi connectivity index (χ1) is 8.08. The van der Waals surface area contributed by atoms with Crippen molar-refractivity contribution in [3.8, 4) is 0 Å². The van der Waals surface area contributed by atoms with Crippen LogP contribution in [0.4, 0.5) is 0 Å². The molecule has 0 aliphatic carbocycles. The summed E-state index contributed by atoms with van der Waals surface area (Å²) in [6.07, 6.45) is 0.125. The average molecular weight is 298 g/mol. The maximum atomic E-state index is 12.4. The molecule has 0 spiro atoms. The molecular weight excluding hydrogens is 282 g/mol. The first-order valence-corrected chi connectivity index (χ1v) is 6.54. The molecule has 2 rings (SSSR count). The Hall–Kier alpha value is -0.870. The second kappa shape index (κ2) is 5.19. The van der Waals surface area contributed by atoms with Gasteiger partial charge in [0.1, 0.15) is 0 Å². The summed E-state index contributed by atoms with van der Waals surface area (Å²) in [7, 11) is 0. The number of carbonyl (C=O) groups is 1. The zero-order valence-electron chi connectivity index (χ0n) is 10.1. The molecule has 1 saturated heterocycles. The quantitative estimate of drug-likeness (QED) is 0.797. The van der Waals surface area contributed by atoms with Crippen LogP contribution in [-0.4, -0.2) is 36.6 Å². The van der Waals surface area contributed by atoms with Crippen molar-refractivity contribution in [1.29, 1.82) is 0 Å². The monoisotopic (exact) mass is 297 g/mol. The van der Waals surface area contributed by atoms with E-state index >= 15 is 0 Å². The van der Waals surface area contributed by atoms with Gasteiger partial charge >= 0.3 is 0 Å². The van der Waals surface area contributed by atoms with Gasteiger partial charge < -0.3 is 9.64 Å². The van der Waals surface area contributed by atoms with Crippen molar-refractivity contribution in [3.05, 3.63) is 33.8 Å². The van der Waals surface area contributed by atoms with Crippen LogP contribution < -0.4 is 0 Å². The normalized spacial score (nSPS) is 20.4. The number of halogens is 1. The van der Waals surface area contributed by atoms with Gasteiger partial charge in [-0.2, -0.15) is 0 Å². The molecule has 1 aromatic rings. The van der Waals surface area contributed by atoms with Gasteiger partial charge in [-0.3, -0.25) is 4.79 Å². The Morgan fingerprint density at radius 2 is 2.29 bits per heavy atom. The standard InChI is InChI=1S/C13H16BrNO2/c1-9-3-4-11(14)7-12(9)13(16)15-5-6-17-10(2)8-15/h3-4,7,10H,5-6,8H2,1-2H3/t10-/m0/s1. The number of morpholine rings is 1. The number of carbonyl (C=O) groups excluding carboxylic acids is 1. The number of nitrogens with zero attached hydrogens (tertiary/aromatic N) is 1. The number of aryl methyl sites for hydroxylation is 1. The van der Waals surface area contributed by atoms with Gasteiger partial charge in [-0.05, 0) is 31.5 Å². The van der Waals surface area contributed by atoms with Crippen molar-refractivity contribution in [2.45, 2.75) is 20.0 Å². The fourth-order valence-corrected chi connectivity index (χ4v) is 2.36. The molecule has 1 fully saturated rings. The van der Waals surface area contributed by atoms with Crippen molar-refractivity contribution < 1.29 is 9.53 Å². The van der Waals surface area contributed by atoms with E-state index < -0.39 is 0 Å². The van der Waals surface area contributed by atoms with Crippen molar-refractivity contribution in [2.75, 3.05) is 19.7 Å². The molecule has 1 atom stereocenters. The van der Waals surface area contributed by atoms with E-state index in [-0.39, 0.29) is 12.0 Å². The van der Waals surface area contributed by atoms with E-state index in [1.54, 1.807) is 0 Å². The fourth-order valence-electron chi connectivity index (χ4n) is 2.00. The van der Waals surface area contributed by atoms with E-state index in [9.17, 15) is 4.79 Å². The molecule has 1 heterocycles. The molecule has 0 N–H and O–H groups in total. The zero-order chi connectivity index (χ0) is 12.4. The molecule has 0 radical (unpaired) electrons. The van der Waals surface area contributed by atoms with Crippen molar-refractivity contribution in [2.24, 2.45) is 0 Å². The van der Waals surface area contributed by atoms with Crippen molar-refractivity contribution >= 4 is 21.8 Å². The van der Waals surface area contributed by atoms with Crippen LogP contribution in [0.25, 0.3) is 0 Å². The molecule has 0 aromatic heterocycles. The summed E-state index contributed by atoms with van der Waals surface area (Å²) in [4.78, 5) is 14.2. The summed E-state index contributed by atoms with van der Waals surface area (Å²) in [5.41, 5.74) is 1.78. The van der Waals surface area contributed by atoms with E-state index in [1.165, 1.54) is 0 Å². The molecule has 1 amide bonds. The Morgan fingerprint density at radius 3 is 3.00 bits per heavy atom. The van der Waals surface area contributed by atoms with E-state index in [4.69, 9.17) is 4.74 Å². The Morgan fingerprint density at radius 1 is 1.53 bits per heavy atom. The molecular formula is C13H16BrNO2. The smallest absolute Gasteiger partial charge is 0.254 e. The summed E-state index contributed by atoms with van der Waals surface area (Å²) < 4.78 is 6.38. The number of hydrogen-bond donors (Lipinski definition) is 0. The molecule has 4 heteroatoms. The first kappa shape index (κ1) is 12.6. The van der Waals surface area contributed by atoms with E-state index in [0.717, 1.165) is 15.6 Å². The highest BCUT2D eigenvalue weighted by molar-refractivity contribution is 9.10. The molecule has 0 saturated carbocycles. The lowest BCUT2D eigenvalue weighted by atomic mass is 10.1. The topological polar surface area (TPSA) is 29.5 Å². The number of rotatable bonds is 1. The van der Waals surface area contributed by atoms with Gasteiger partial charge in [0.05, 0.1) is 12.7 Å². The minimum Gasteiger partial charge on any atom is -0.375 e. The second-order valence-corrected chi connectivity index (χ2v) is 5.31. The minimum absolute atomic E-state index is 0.0963. The van der Waals surface area contributed by atoms with Gasteiger partial charge in [0.25, 0.3) is 5.91 Å². The van der Waals surface area contributed by atoms with Crippen molar-refractivity contribution in [3.63, 3.8) is 0 Å². The summed E-state index contributed by atoms with van der Waals surface area (Å²) in [6, 6.07) is 5.80. The summed E-state index contributed by atoms with van der Waals surface area (Å²) in [5, 5.41) is 0. The van der Waals surface area contributed by atoms with Crippen LogP contribution in [-0.2, 0) is 4.74 Å². The van der Waals surface area contributed by atoms with Crippen LogP contribution in [0.5, 0.6) is 0 Å². The molecule has 0 unspecified atom stereocenters. The fraction of sp³-hybridized carbons (Fsp3) is 0.462. The Labute approximate surface area is 110 Å². The number of benzene rings is 1. The third kappa shape index (κ3) is 2.87. The highest BCUT2D eigenvalue weighted by atomic mass is 79.9. The highest BCUT2D eigenvalue weighted by Gasteiger charge is 2.23. The van der Waals surface area contributed by atoms with Crippen LogP contribution in [0.3, 0.4) is 0 Å². The third-order valence-electron chi connectivity index (χ3n) is 2.96. The molecule has 92 valence electrons. The third-order valence-corrected chi connectivity index (χ3v) is 3.45. The van der Waals surface area contributed by atoms with Gasteiger partial charge in [0.15, 0.2) is 0 Å². The van der Waals surface area contributed by atoms with Gasteiger partial charge in [-0.15, -0.1) is 0 Å². The predicted octanol–water partition coefficient (Wildman–Crippen LogP) is 2.62. The van der Waals surface area contributed by atoms with Crippen LogP contribution in [0.1, 0.15) is 22.8 Å². The molecule has 3 nitrogen and oxygen atoms in total. The molecule has 1 aliphatic rings. The Balaban J connectivity index is 2.21. The van der Waals surface area contributed by atoms with Crippen LogP contribution in [0, 0.1) is 6.92 Å². The number of amides is 1. The number of hydrogen-bond acceptors (Lipinski definition) is 2. The average Bonchev–Trinajstić information content (AvgIpc) is 2.31. The molecule has 17 heavy (non-hydrogen) atoms. The van der Waals surface area contributed by atoms with Crippen molar-refractivity contribution in [1.82, 2.24) is 4.90 Å². The maximum Gasteiger partial charge on any atom is 0.254 e. The van der Waals surface area contributed by atoms with Gasteiger partial charge in [-0.1, -0.05) is 22.0 Å². The maximum absolute atomic E-state index is 12.4. The molecule has 0 bridgehead atoms. The van der Waals surface area contributed by atoms with Crippen LogP contribution in [0.2, 0.25) is 0 Å². The number of ether oxygens (including phenoxy) is 1. The van der Waals surface area contributed by atoms with Gasteiger partial charge in [-0.25, -0.2) is 0 Å². The summed E-state index contributed by atoms with van der Waals surface area (Å²) in [6.45, 7) is 5.93. The summed E-state index contributed by atoms with van der Waals surface area (Å²) >= 11 is 3.41. The van der Waals surface area contributed by atoms with E-state index in [0.29, 0.717) is 19.7 Å². The van der Waals surface area contributed by atoms with Gasteiger partial charge in [0, 0.05) is 23.1 Å². The minimum atomic E-state index is 0.0963. The van der Waals surface area contributed by atoms with Gasteiger partial charge in [0.2, 0.25) is 0 Å². The molecule has 1 aromatic carbocycles. The van der Waals surface area contributed by atoms with E-state index in [1.807, 2.05) is 36.9 Å². The SMILES string of the molecule is Cc1ccc(Br)cc1C(=O)N1CCO[C@@H](C)C1. The van der Waals surface area contributed by atoms with Crippen LogP contribution >= 0.6 is 15.9 Å². The van der Waals surface area contributed by atoms with Crippen LogP contribution in [0.15, 0.2) is 22.7 Å². The lowest BCUT2D eigenvalue weighted by Gasteiger charge is -2.31.